The lowest BCUT2D eigenvalue weighted by Crippen LogP contribution is -2.13. The maximum Gasteiger partial charge on any atom is 0.311 e. The number of nitriles is 1. The van der Waals surface area contributed by atoms with E-state index in [1.165, 1.54) is 0 Å². The number of ether oxygens (including phenoxy) is 1. The number of carbonyl (C=O) groups excluding carboxylic acids is 1. The van der Waals surface area contributed by atoms with Crippen molar-refractivity contribution in [1.29, 1.82) is 5.26 Å². The largest absolute Gasteiger partial charge is 0.466 e. The van der Waals surface area contributed by atoms with Crippen LogP contribution in [0.5, 0.6) is 0 Å². The molecule has 0 saturated heterocycles. The SMILES string of the molecule is CCOC(=O)Cc1nc(C(F)F)cc(C#N)c1CBr. The van der Waals surface area contributed by atoms with Gasteiger partial charge in [-0.25, -0.2) is 8.78 Å². The number of rotatable bonds is 5. The second-order valence-corrected chi connectivity index (χ2v) is 4.11. The zero-order chi connectivity index (χ0) is 14.4. The van der Waals surface area contributed by atoms with E-state index in [1.54, 1.807) is 6.92 Å². The molecule has 0 unspecified atom stereocenters. The summed E-state index contributed by atoms with van der Waals surface area (Å²) in [6.07, 6.45) is -3.03. The van der Waals surface area contributed by atoms with Gasteiger partial charge in [-0.05, 0) is 13.0 Å². The Morgan fingerprint density at radius 3 is 2.79 bits per heavy atom. The van der Waals surface area contributed by atoms with Gasteiger partial charge in [-0.1, -0.05) is 15.9 Å². The molecule has 0 N–H and O–H groups in total. The normalized spacial score (nSPS) is 10.3. The van der Waals surface area contributed by atoms with Crippen LogP contribution in [0.25, 0.3) is 0 Å². The fraction of sp³-hybridized carbons (Fsp3) is 0.417. The quantitative estimate of drug-likeness (QED) is 0.614. The summed E-state index contributed by atoms with van der Waals surface area (Å²) in [6.45, 7) is 1.84. The summed E-state index contributed by atoms with van der Waals surface area (Å²) in [5.41, 5.74) is 0.145. The van der Waals surface area contributed by atoms with E-state index in [0.29, 0.717) is 5.56 Å². The number of pyridine rings is 1. The zero-order valence-electron chi connectivity index (χ0n) is 10.1. The average Bonchev–Trinajstić information content (AvgIpc) is 2.37. The van der Waals surface area contributed by atoms with Crippen LogP contribution >= 0.6 is 15.9 Å². The van der Waals surface area contributed by atoms with Crippen LogP contribution in [0.3, 0.4) is 0 Å². The molecule has 0 fully saturated rings. The molecule has 7 heteroatoms. The predicted molar refractivity (Wildman–Crippen MR) is 66.9 cm³/mol. The zero-order valence-corrected chi connectivity index (χ0v) is 11.7. The molecule has 1 aromatic rings. The van der Waals surface area contributed by atoms with Crippen molar-refractivity contribution in [2.24, 2.45) is 0 Å². The summed E-state index contributed by atoms with van der Waals surface area (Å²) in [7, 11) is 0. The number of hydrogen-bond acceptors (Lipinski definition) is 4. The van der Waals surface area contributed by atoms with Crippen molar-refractivity contribution in [3.63, 3.8) is 0 Å². The first-order chi connectivity index (χ1) is 9.03. The Morgan fingerprint density at radius 1 is 1.63 bits per heavy atom. The Bertz CT molecular complexity index is 515. The lowest BCUT2D eigenvalue weighted by atomic mass is 10.1. The Kier molecular flexibility index (Phi) is 5.83. The summed E-state index contributed by atoms with van der Waals surface area (Å²) in [6, 6.07) is 2.87. The van der Waals surface area contributed by atoms with Crippen LogP contribution in [0.4, 0.5) is 8.78 Å². The van der Waals surface area contributed by atoms with Gasteiger partial charge in [0.1, 0.15) is 5.69 Å². The second-order valence-electron chi connectivity index (χ2n) is 3.55. The molecule has 102 valence electrons. The molecule has 1 heterocycles. The number of esters is 1. The Hall–Kier alpha value is -1.55. The molecular weight excluding hydrogens is 322 g/mol. The van der Waals surface area contributed by atoms with E-state index >= 15 is 0 Å². The summed E-state index contributed by atoms with van der Waals surface area (Å²) in [5, 5.41) is 9.21. The molecule has 0 spiro atoms. The molecule has 0 bridgehead atoms. The van der Waals surface area contributed by atoms with E-state index in [9.17, 15) is 13.6 Å². The first kappa shape index (κ1) is 15.5. The minimum Gasteiger partial charge on any atom is -0.466 e. The van der Waals surface area contributed by atoms with Gasteiger partial charge in [0, 0.05) is 10.9 Å². The minimum atomic E-state index is -2.79. The minimum absolute atomic E-state index is 0.0847. The van der Waals surface area contributed by atoms with Gasteiger partial charge in [-0.2, -0.15) is 5.26 Å². The number of hydrogen-bond donors (Lipinski definition) is 0. The third-order valence-electron chi connectivity index (χ3n) is 2.32. The molecule has 0 aliphatic heterocycles. The van der Waals surface area contributed by atoms with Gasteiger partial charge < -0.3 is 4.74 Å². The molecule has 1 rings (SSSR count). The topological polar surface area (TPSA) is 63.0 Å². The first-order valence-corrected chi connectivity index (χ1v) is 6.58. The Labute approximate surface area is 117 Å². The molecule has 19 heavy (non-hydrogen) atoms. The van der Waals surface area contributed by atoms with Crippen LogP contribution in [0.2, 0.25) is 0 Å². The number of alkyl halides is 3. The summed E-state index contributed by atoms with van der Waals surface area (Å²) >= 11 is 3.16. The van der Waals surface area contributed by atoms with Gasteiger partial charge in [0.05, 0.1) is 30.4 Å². The fourth-order valence-electron chi connectivity index (χ4n) is 1.50. The van der Waals surface area contributed by atoms with Crippen molar-refractivity contribution in [3.05, 3.63) is 28.6 Å². The average molecular weight is 333 g/mol. The standard InChI is InChI=1S/C12H11BrF2N2O2/c1-2-19-11(18)4-9-8(5-13)7(6-16)3-10(17-9)12(14)15/h3,12H,2,4-5H2,1H3. The Balaban J connectivity index is 3.23. The summed E-state index contributed by atoms with van der Waals surface area (Å²) in [5.74, 6) is -0.562. The highest BCUT2D eigenvalue weighted by molar-refractivity contribution is 9.08. The van der Waals surface area contributed by atoms with Crippen molar-refractivity contribution in [3.8, 4) is 6.07 Å². The van der Waals surface area contributed by atoms with Gasteiger partial charge >= 0.3 is 5.97 Å². The van der Waals surface area contributed by atoms with E-state index < -0.39 is 18.1 Å². The van der Waals surface area contributed by atoms with E-state index in [4.69, 9.17) is 10.00 Å². The highest BCUT2D eigenvalue weighted by Crippen LogP contribution is 2.24. The highest BCUT2D eigenvalue weighted by Gasteiger charge is 2.19. The van der Waals surface area contributed by atoms with Crippen LogP contribution < -0.4 is 0 Å². The summed E-state index contributed by atoms with van der Waals surface area (Å²) < 4.78 is 30.1. The van der Waals surface area contributed by atoms with Crippen LogP contribution in [-0.4, -0.2) is 17.6 Å². The molecule has 0 saturated carbocycles. The molecule has 0 aromatic carbocycles. The lowest BCUT2D eigenvalue weighted by Gasteiger charge is -2.10. The second kappa shape index (κ2) is 7.14. The first-order valence-electron chi connectivity index (χ1n) is 5.46. The van der Waals surface area contributed by atoms with Crippen molar-refractivity contribution in [2.75, 3.05) is 6.61 Å². The third kappa shape index (κ3) is 3.96. The maximum absolute atomic E-state index is 12.7. The predicted octanol–water partition coefficient (Wildman–Crippen LogP) is 2.89. The third-order valence-corrected chi connectivity index (χ3v) is 2.89. The van der Waals surface area contributed by atoms with Crippen LogP contribution in [0, 0.1) is 11.3 Å². The highest BCUT2D eigenvalue weighted by atomic mass is 79.9. The number of halogens is 3. The Morgan fingerprint density at radius 2 is 2.32 bits per heavy atom. The van der Waals surface area contributed by atoms with Crippen molar-refractivity contribution < 1.29 is 18.3 Å². The molecule has 0 amide bonds. The smallest absolute Gasteiger partial charge is 0.311 e. The van der Waals surface area contributed by atoms with E-state index in [-0.39, 0.29) is 29.6 Å². The molecule has 0 radical (unpaired) electrons. The molecule has 0 aliphatic rings. The molecule has 1 aromatic heterocycles. The number of nitrogens with zero attached hydrogens (tertiary/aromatic N) is 2. The summed E-state index contributed by atoms with van der Waals surface area (Å²) in [4.78, 5) is 15.2. The van der Waals surface area contributed by atoms with Gasteiger partial charge in [0.25, 0.3) is 6.43 Å². The van der Waals surface area contributed by atoms with Crippen LogP contribution in [0.1, 0.15) is 35.9 Å². The van der Waals surface area contributed by atoms with Gasteiger partial charge in [-0.15, -0.1) is 0 Å². The molecular formula is C12H11BrF2N2O2. The molecule has 0 atom stereocenters. The van der Waals surface area contributed by atoms with E-state index in [1.807, 2.05) is 6.07 Å². The van der Waals surface area contributed by atoms with Gasteiger partial charge in [0.2, 0.25) is 0 Å². The lowest BCUT2D eigenvalue weighted by molar-refractivity contribution is -0.142. The number of aromatic nitrogens is 1. The van der Waals surface area contributed by atoms with Gasteiger partial charge in [-0.3, -0.25) is 9.78 Å². The number of carbonyl (C=O) groups is 1. The maximum atomic E-state index is 12.7. The van der Waals surface area contributed by atoms with Crippen molar-refractivity contribution >= 4 is 21.9 Å². The molecule has 0 aliphatic carbocycles. The van der Waals surface area contributed by atoms with Crippen molar-refractivity contribution in [1.82, 2.24) is 4.98 Å². The fourth-order valence-corrected chi connectivity index (χ4v) is 2.13. The van der Waals surface area contributed by atoms with Crippen LogP contribution in [-0.2, 0) is 21.3 Å². The van der Waals surface area contributed by atoms with E-state index in [2.05, 4.69) is 20.9 Å². The van der Waals surface area contributed by atoms with Crippen LogP contribution in [0.15, 0.2) is 6.07 Å². The van der Waals surface area contributed by atoms with E-state index in [0.717, 1.165) is 6.07 Å². The van der Waals surface area contributed by atoms with Gasteiger partial charge in [0.15, 0.2) is 0 Å². The van der Waals surface area contributed by atoms with Crippen molar-refractivity contribution in [2.45, 2.75) is 25.1 Å². The molecule has 4 nitrogen and oxygen atoms in total. The monoisotopic (exact) mass is 332 g/mol.